The summed E-state index contributed by atoms with van der Waals surface area (Å²) in [6.45, 7) is 1.94. The summed E-state index contributed by atoms with van der Waals surface area (Å²) in [5, 5.41) is 17.4. The van der Waals surface area contributed by atoms with Gasteiger partial charge in [0.05, 0.1) is 5.52 Å². The van der Waals surface area contributed by atoms with E-state index in [1.165, 1.54) is 5.56 Å². The van der Waals surface area contributed by atoms with E-state index in [9.17, 15) is 18.7 Å². The average Bonchev–Trinajstić information content (AvgIpc) is 3.02. The highest BCUT2D eigenvalue weighted by atomic mass is 19.3. The van der Waals surface area contributed by atoms with Gasteiger partial charge in [0.25, 0.3) is 5.92 Å². The van der Waals surface area contributed by atoms with Gasteiger partial charge in [-0.05, 0) is 81.0 Å². The number of carboxylic acids is 1. The van der Waals surface area contributed by atoms with Gasteiger partial charge in [0, 0.05) is 61.0 Å². The number of benzene rings is 1. The summed E-state index contributed by atoms with van der Waals surface area (Å²) in [5.41, 5.74) is 3.67. The first kappa shape index (κ1) is 29.8. The number of pyridine rings is 2. The number of carbonyl (C=O) groups is 1. The zero-order valence-electron chi connectivity index (χ0n) is 24.6. The maximum atomic E-state index is 13.9. The number of hydrogen-bond donors (Lipinski definition) is 3. The van der Waals surface area contributed by atoms with E-state index in [-0.39, 0.29) is 25.3 Å². The Morgan fingerprint density at radius 2 is 1.93 bits per heavy atom. The van der Waals surface area contributed by atoms with Crippen molar-refractivity contribution in [3.05, 3.63) is 72.2 Å². The van der Waals surface area contributed by atoms with Crippen molar-refractivity contribution < 1.29 is 18.7 Å². The molecule has 0 saturated heterocycles. The fourth-order valence-electron chi connectivity index (χ4n) is 6.02. The van der Waals surface area contributed by atoms with Crippen molar-refractivity contribution >= 4 is 28.5 Å². The SMILES string of the molecule is O=C(O)C(CCN(CCCCc1ccc2c(n1)NCCC2)C1CC(F)(F)C1)Nc1nc(-c2cccnc2)nc2ccccc12. The minimum absolute atomic E-state index is 0.193. The Balaban J connectivity index is 1.12. The van der Waals surface area contributed by atoms with E-state index in [1.54, 1.807) is 18.5 Å². The van der Waals surface area contributed by atoms with Gasteiger partial charge in [0.15, 0.2) is 5.82 Å². The van der Waals surface area contributed by atoms with Crippen molar-refractivity contribution in [3.63, 3.8) is 0 Å². The van der Waals surface area contributed by atoms with Crippen LogP contribution in [0.2, 0.25) is 0 Å². The molecule has 9 nitrogen and oxygen atoms in total. The number of rotatable bonds is 13. The quantitative estimate of drug-likeness (QED) is 0.163. The first-order valence-electron chi connectivity index (χ1n) is 15.4. The number of nitrogens with zero attached hydrogens (tertiary/aromatic N) is 5. The van der Waals surface area contributed by atoms with E-state index in [1.807, 2.05) is 35.2 Å². The van der Waals surface area contributed by atoms with Crippen LogP contribution in [0.15, 0.2) is 60.9 Å². The van der Waals surface area contributed by atoms with Gasteiger partial charge >= 0.3 is 5.97 Å². The van der Waals surface area contributed by atoms with Gasteiger partial charge in [-0.25, -0.2) is 28.5 Å². The lowest BCUT2D eigenvalue weighted by Crippen LogP contribution is -2.52. The van der Waals surface area contributed by atoms with E-state index < -0.39 is 17.9 Å². The first-order chi connectivity index (χ1) is 21.3. The number of alkyl halides is 2. The summed E-state index contributed by atoms with van der Waals surface area (Å²) in [7, 11) is 0. The molecule has 4 heterocycles. The first-order valence-corrected chi connectivity index (χ1v) is 15.4. The summed E-state index contributed by atoms with van der Waals surface area (Å²) < 4.78 is 27.7. The fourth-order valence-corrected chi connectivity index (χ4v) is 6.02. The molecule has 0 spiro atoms. The lowest BCUT2D eigenvalue weighted by atomic mass is 9.86. The molecular weight excluding hydrogens is 564 g/mol. The Morgan fingerprint density at radius 1 is 1.07 bits per heavy atom. The van der Waals surface area contributed by atoms with Crippen molar-refractivity contribution in [1.82, 2.24) is 24.8 Å². The van der Waals surface area contributed by atoms with Gasteiger partial charge in [-0.2, -0.15) is 0 Å². The van der Waals surface area contributed by atoms with Gasteiger partial charge in [-0.15, -0.1) is 0 Å². The molecule has 230 valence electrons. The van der Waals surface area contributed by atoms with Crippen molar-refractivity contribution in [1.29, 1.82) is 0 Å². The predicted octanol–water partition coefficient (Wildman–Crippen LogP) is 5.82. The molecule has 6 rings (SSSR count). The van der Waals surface area contributed by atoms with Crippen LogP contribution >= 0.6 is 0 Å². The van der Waals surface area contributed by atoms with Crippen LogP contribution in [-0.4, -0.2) is 73.6 Å². The number of aromatic nitrogens is 4. The number of fused-ring (bicyclic) bond motifs is 2. The van der Waals surface area contributed by atoms with Gasteiger partial charge in [-0.1, -0.05) is 18.2 Å². The van der Waals surface area contributed by atoms with E-state index in [4.69, 9.17) is 4.98 Å². The molecule has 0 amide bonds. The molecule has 11 heteroatoms. The largest absolute Gasteiger partial charge is 0.480 e. The molecule has 44 heavy (non-hydrogen) atoms. The minimum atomic E-state index is -2.66. The molecule has 1 fully saturated rings. The lowest BCUT2D eigenvalue weighted by molar-refractivity contribution is -0.139. The summed E-state index contributed by atoms with van der Waals surface area (Å²) in [5.74, 6) is -1.86. The van der Waals surface area contributed by atoms with Crippen molar-refractivity contribution in [2.45, 2.75) is 69.4 Å². The molecule has 1 aliphatic heterocycles. The molecule has 1 unspecified atom stereocenters. The Labute approximate surface area is 255 Å². The third kappa shape index (κ3) is 7.10. The van der Waals surface area contributed by atoms with Crippen LogP contribution in [0.5, 0.6) is 0 Å². The summed E-state index contributed by atoms with van der Waals surface area (Å²) in [6.07, 6.45) is 7.82. The molecule has 3 N–H and O–H groups in total. The van der Waals surface area contributed by atoms with E-state index in [0.717, 1.165) is 50.2 Å². The number of unbranched alkanes of at least 4 members (excludes halogenated alkanes) is 1. The maximum absolute atomic E-state index is 13.9. The summed E-state index contributed by atoms with van der Waals surface area (Å²) in [6, 6.07) is 14.1. The molecule has 0 bridgehead atoms. The van der Waals surface area contributed by atoms with Gasteiger partial charge in [-0.3, -0.25) is 9.88 Å². The molecule has 1 atom stereocenters. The average molecular weight is 602 g/mol. The number of para-hydroxylation sites is 1. The molecule has 0 radical (unpaired) electrons. The van der Waals surface area contributed by atoms with Crippen LogP contribution < -0.4 is 10.6 Å². The number of halogens is 2. The van der Waals surface area contributed by atoms with Gasteiger partial charge in [0.1, 0.15) is 17.7 Å². The second kappa shape index (κ2) is 13.2. The highest BCUT2D eigenvalue weighted by molar-refractivity contribution is 5.92. The zero-order chi connectivity index (χ0) is 30.5. The second-order valence-corrected chi connectivity index (χ2v) is 11.7. The number of aliphatic carboxylic acids is 1. The standard InChI is InChI=1S/C33H37F2N7O2/c34-33(35)19-25(20-33)42(17-4-3-9-24-13-12-22-7-6-16-37-29(22)38-24)18-14-28(32(43)44)40-31-26-10-1-2-11-27(26)39-30(41-31)23-8-5-15-36-21-23/h1-2,5,8,10-13,15,21,25,28H,3-4,6-7,9,14,16-20H2,(H,37,38)(H,43,44)(H,39,40,41). The molecule has 2 aliphatic rings. The molecular formula is C33H37F2N7O2. The van der Waals surface area contributed by atoms with Gasteiger partial charge in [0.2, 0.25) is 0 Å². The van der Waals surface area contributed by atoms with Crippen LogP contribution in [0.4, 0.5) is 20.4 Å². The van der Waals surface area contributed by atoms with E-state index >= 15 is 0 Å². The predicted molar refractivity (Wildman–Crippen MR) is 166 cm³/mol. The maximum Gasteiger partial charge on any atom is 0.326 e. The Hall–Kier alpha value is -4.25. The molecule has 4 aromatic rings. The Morgan fingerprint density at radius 3 is 2.73 bits per heavy atom. The zero-order valence-corrected chi connectivity index (χ0v) is 24.6. The topological polar surface area (TPSA) is 116 Å². The number of aryl methyl sites for hydroxylation is 2. The highest BCUT2D eigenvalue weighted by Gasteiger charge is 2.47. The summed E-state index contributed by atoms with van der Waals surface area (Å²) in [4.78, 5) is 32.7. The van der Waals surface area contributed by atoms with Crippen molar-refractivity contribution in [2.75, 3.05) is 30.3 Å². The second-order valence-electron chi connectivity index (χ2n) is 11.7. The monoisotopic (exact) mass is 601 g/mol. The smallest absolute Gasteiger partial charge is 0.326 e. The number of nitrogens with one attached hydrogen (secondary N) is 2. The highest BCUT2D eigenvalue weighted by Crippen LogP contribution is 2.40. The minimum Gasteiger partial charge on any atom is -0.480 e. The van der Waals surface area contributed by atoms with Crippen LogP contribution in [0.25, 0.3) is 22.3 Å². The van der Waals surface area contributed by atoms with Crippen LogP contribution in [0, 0.1) is 0 Å². The number of carboxylic acid groups (broad SMARTS) is 1. The van der Waals surface area contributed by atoms with Crippen molar-refractivity contribution in [3.8, 4) is 11.4 Å². The van der Waals surface area contributed by atoms with Gasteiger partial charge < -0.3 is 15.7 Å². The third-order valence-electron chi connectivity index (χ3n) is 8.50. The number of anilines is 2. The fraction of sp³-hybridized carbons (Fsp3) is 0.424. The lowest BCUT2D eigenvalue weighted by Gasteiger charge is -2.43. The van der Waals surface area contributed by atoms with Crippen LogP contribution in [-0.2, 0) is 17.6 Å². The molecule has 3 aromatic heterocycles. The third-order valence-corrected chi connectivity index (χ3v) is 8.50. The van der Waals surface area contributed by atoms with Crippen molar-refractivity contribution in [2.24, 2.45) is 0 Å². The molecule has 1 aromatic carbocycles. The van der Waals surface area contributed by atoms with Crippen LogP contribution in [0.3, 0.4) is 0 Å². The number of hydrogen-bond acceptors (Lipinski definition) is 8. The Bertz CT molecular complexity index is 1600. The van der Waals surface area contributed by atoms with E-state index in [0.29, 0.717) is 41.2 Å². The summed E-state index contributed by atoms with van der Waals surface area (Å²) >= 11 is 0. The molecule has 1 saturated carbocycles. The van der Waals surface area contributed by atoms with E-state index in [2.05, 4.69) is 37.7 Å². The van der Waals surface area contributed by atoms with Crippen LogP contribution in [0.1, 0.15) is 49.8 Å². The Kier molecular flexibility index (Phi) is 8.92. The normalized spacial score (nSPS) is 16.6. The molecule has 1 aliphatic carbocycles.